The second-order valence-corrected chi connectivity index (χ2v) is 6.09. The predicted octanol–water partition coefficient (Wildman–Crippen LogP) is 2.18. The van der Waals surface area contributed by atoms with Gasteiger partial charge in [-0.3, -0.25) is 10.1 Å². The number of nitro groups is 1. The molecule has 0 radical (unpaired) electrons. The van der Waals surface area contributed by atoms with Crippen LogP contribution in [-0.4, -0.2) is 24.0 Å². The first-order valence-electron chi connectivity index (χ1n) is 7.33. The molecule has 0 saturated heterocycles. The van der Waals surface area contributed by atoms with Gasteiger partial charge in [0.2, 0.25) is 5.96 Å². The summed E-state index contributed by atoms with van der Waals surface area (Å²) in [5.41, 5.74) is 17.6. The molecule has 0 aliphatic carbocycles. The molecule has 0 heterocycles. The van der Waals surface area contributed by atoms with Crippen molar-refractivity contribution in [3.63, 3.8) is 0 Å². The zero-order chi connectivity index (χ0) is 19.3. The molecule has 0 amide bonds. The molecule has 0 atom stereocenters. The summed E-state index contributed by atoms with van der Waals surface area (Å²) in [4.78, 5) is 18.4. The largest absolute Gasteiger partial charge is 0.497 e. The van der Waals surface area contributed by atoms with Crippen LogP contribution in [0.25, 0.3) is 0 Å². The third kappa shape index (κ3) is 4.93. The summed E-state index contributed by atoms with van der Waals surface area (Å²) in [7, 11) is 1.59. The molecule has 26 heavy (non-hydrogen) atoms. The van der Waals surface area contributed by atoms with Crippen LogP contribution >= 0.6 is 15.9 Å². The summed E-state index contributed by atoms with van der Waals surface area (Å²) in [6.07, 6.45) is 0.497. The molecule has 0 aliphatic rings. The van der Waals surface area contributed by atoms with Crippen LogP contribution in [0.15, 0.2) is 50.9 Å². The fourth-order valence-electron chi connectivity index (χ4n) is 2.24. The summed E-state index contributed by atoms with van der Waals surface area (Å²) < 4.78 is 5.52. The molecule has 0 aromatic heterocycles. The third-order valence-electron chi connectivity index (χ3n) is 3.34. The molecule has 0 fully saturated rings. The van der Waals surface area contributed by atoms with Crippen LogP contribution in [-0.2, 0) is 6.42 Å². The minimum Gasteiger partial charge on any atom is -0.497 e. The second-order valence-electron chi connectivity index (χ2n) is 5.23. The second kappa shape index (κ2) is 8.30. The summed E-state index contributed by atoms with van der Waals surface area (Å²) in [6, 6.07) is 10.6. The Hall–Kier alpha value is -3.14. The van der Waals surface area contributed by atoms with Crippen LogP contribution in [0.1, 0.15) is 11.1 Å². The van der Waals surface area contributed by atoms with Crippen molar-refractivity contribution in [2.24, 2.45) is 27.2 Å². The molecule has 0 spiro atoms. The van der Waals surface area contributed by atoms with Crippen LogP contribution in [0.2, 0.25) is 0 Å². The number of rotatable bonds is 5. The van der Waals surface area contributed by atoms with E-state index in [1.807, 2.05) is 24.3 Å². The molecule has 2 aromatic rings. The Labute approximate surface area is 157 Å². The topological polar surface area (TPSA) is 155 Å². The van der Waals surface area contributed by atoms with Gasteiger partial charge in [0.15, 0.2) is 11.6 Å². The fourth-order valence-corrected chi connectivity index (χ4v) is 2.83. The van der Waals surface area contributed by atoms with E-state index in [9.17, 15) is 10.1 Å². The van der Waals surface area contributed by atoms with Gasteiger partial charge in [-0.05, 0) is 51.7 Å². The Balaban J connectivity index is 2.41. The predicted molar refractivity (Wildman–Crippen MR) is 104 cm³/mol. The highest BCUT2D eigenvalue weighted by Gasteiger charge is 2.19. The van der Waals surface area contributed by atoms with E-state index >= 15 is 0 Å². The number of aliphatic imine (C=N–C) groups is 2. The van der Waals surface area contributed by atoms with E-state index in [0.29, 0.717) is 10.9 Å². The number of halogens is 1. The zero-order valence-corrected chi connectivity index (χ0v) is 15.4. The number of hydrogen-bond acceptors (Lipinski definition) is 4. The molecule has 2 aromatic carbocycles. The molecule has 136 valence electrons. The van der Waals surface area contributed by atoms with Crippen molar-refractivity contribution in [3.05, 3.63) is 62.1 Å². The van der Waals surface area contributed by atoms with Gasteiger partial charge in [-0.15, -0.1) is 0 Å². The van der Waals surface area contributed by atoms with Gasteiger partial charge in [-0.2, -0.15) is 4.99 Å². The molecular formula is C16H17BrN6O3. The van der Waals surface area contributed by atoms with Gasteiger partial charge in [0.1, 0.15) is 5.75 Å². The summed E-state index contributed by atoms with van der Waals surface area (Å²) in [5, 5.41) is 11.4. The Morgan fingerprint density at radius 3 is 2.38 bits per heavy atom. The number of hydrogen-bond donors (Lipinski definition) is 3. The van der Waals surface area contributed by atoms with E-state index in [1.54, 1.807) is 13.2 Å². The molecule has 0 bridgehead atoms. The van der Waals surface area contributed by atoms with Crippen LogP contribution in [0.5, 0.6) is 5.75 Å². The number of guanidine groups is 2. The normalized spacial score (nSPS) is 11.1. The van der Waals surface area contributed by atoms with Gasteiger partial charge in [0.25, 0.3) is 5.69 Å². The lowest BCUT2D eigenvalue weighted by atomic mass is 10.0. The highest BCUT2D eigenvalue weighted by molar-refractivity contribution is 9.10. The van der Waals surface area contributed by atoms with E-state index in [2.05, 4.69) is 25.9 Å². The van der Waals surface area contributed by atoms with Crippen LogP contribution < -0.4 is 21.9 Å². The maximum atomic E-state index is 11.4. The number of nitrogens with two attached hydrogens (primary N) is 3. The lowest BCUT2D eigenvalue weighted by Crippen LogP contribution is -2.26. The molecule has 2 rings (SSSR count). The lowest BCUT2D eigenvalue weighted by Gasteiger charge is -2.07. The first kappa shape index (κ1) is 19.2. The SMILES string of the molecule is COc1ccc(Cc2cc(Br)c(N=C(N)N=C(N)N)c([N+](=O)[O-])c2)cc1. The minimum absolute atomic E-state index is 0.0379. The van der Waals surface area contributed by atoms with E-state index in [0.717, 1.165) is 16.9 Å². The molecule has 0 saturated carbocycles. The number of methoxy groups -OCH3 is 1. The summed E-state index contributed by atoms with van der Waals surface area (Å²) >= 11 is 3.30. The molecular weight excluding hydrogens is 404 g/mol. The minimum atomic E-state index is -0.538. The van der Waals surface area contributed by atoms with Crippen LogP contribution in [0, 0.1) is 10.1 Å². The third-order valence-corrected chi connectivity index (χ3v) is 3.94. The maximum absolute atomic E-state index is 11.4. The summed E-state index contributed by atoms with van der Waals surface area (Å²) in [5.74, 6) is 0.165. The van der Waals surface area contributed by atoms with Gasteiger partial charge in [-0.1, -0.05) is 12.1 Å². The van der Waals surface area contributed by atoms with E-state index in [4.69, 9.17) is 21.9 Å². The van der Waals surface area contributed by atoms with Gasteiger partial charge < -0.3 is 21.9 Å². The van der Waals surface area contributed by atoms with Gasteiger partial charge in [0, 0.05) is 6.07 Å². The van der Waals surface area contributed by atoms with Gasteiger partial charge >= 0.3 is 0 Å². The Kier molecular flexibility index (Phi) is 6.12. The average molecular weight is 421 g/mol. The van der Waals surface area contributed by atoms with E-state index < -0.39 is 4.92 Å². The van der Waals surface area contributed by atoms with Crippen molar-refractivity contribution in [1.29, 1.82) is 0 Å². The van der Waals surface area contributed by atoms with Gasteiger partial charge in [0.05, 0.1) is 16.5 Å². The first-order chi connectivity index (χ1) is 12.3. The Bertz CT molecular complexity index is 876. The number of benzene rings is 2. The molecule has 6 N–H and O–H groups in total. The van der Waals surface area contributed by atoms with Crippen molar-refractivity contribution in [3.8, 4) is 5.75 Å². The number of nitro benzene ring substituents is 1. The zero-order valence-electron chi connectivity index (χ0n) is 13.8. The van der Waals surface area contributed by atoms with Crippen molar-refractivity contribution < 1.29 is 9.66 Å². The van der Waals surface area contributed by atoms with Crippen LogP contribution in [0.3, 0.4) is 0 Å². The van der Waals surface area contributed by atoms with Gasteiger partial charge in [-0.25, -0.2) is 4.99 Å². The highest BCUT2D eigenvalue weighted by atomic mass is 79.9. The quantitative estimate of drug-likeness (QED) is 0.291. The summed E-state index contributed by atoms with van der Waals surface area (Å²) in [6.45, 7) is 0. The van der Waals surface area contributed by atoms with Crippen molar-refractivity contribution >= 4 is 39.2 Å². The Morgan fingerprint density at radius 1 is 1.19 bits per heavy atom. The fraction of sp³-hybridized carbons (Fsp3) is 0.125. The highest BCUT2D eigenvalue weighted by Crippen LogP contribution is 2.37. The smallest absolute Gasteiger partial charge is 0.296 e. The number of ether oxygens (including phenoxy) is 1. The van der Waals surface area contributed by atoms with Crippen molar-refractivity contribution in [1.82, 2.24) is 0 Å². The standard InChI is InChI=1S/C16H17BrN6O3/c1-26-11-4-2-9(3-5-11)6-10-7-12(17)14(13(8-10)23(24)25)21-16(20)22-15(18)19/h2-5,7-8H,6H2,1H3,(H6,18,19,20,21,22). The number of nitrogens with zero attached hydrogens (tertiary/aromatic N) is 3. The lowest BCUT2D eigenvalue weighted by molar-refractivity contribution is -0.384. The molecule has 10 heteroatoms. The van der Waals surface area contributed by atoms with E-state index in [1.165, 1.54) is 6.07 Å². The van der Waals surface area contributed by atoms with E-state index in [-0.39, 0.29) is 23.3 Å². The molecule has 0 aliphatic heterocycles. The van der Waals surface area contributed by atoms with Crippen molar-refractivity contribution in [2.45, 2.75) is 6.42 Å². The van der Waals surface area contributed by atoms with Crippen LogP contribution in [0.4, 0.5) is 11.4 Å². The molecule has 0 unspecified atom stereocenters. The first-order valence-corrected chi connectivity index (χ1v) is 8.13. The Morgan fingerprint density at radius 2 is 1.85 bits per heavy atom. The average Bonchev–Trinajstić information content (AvgIpc) is 2.56. The van der Waals surface area contributed by atoms with Crippen molar-refractivity contribution in [2.75, 3.05) is 7.11 Å². The molecule has 9 nitrogen and oxygen atoms in total. The maximum Gasteiger partial charge on any atom is 0.296 e. The monoisotopic (exact) mass is 420 g/mol.